The van der Waals surface area contributed by atoms with Crippen LogP contribution in [-0.2, 0) is 11.2 Å². The van der Waals surface area contributed by atoms with Crippen molar-refractivity contribution in [3.05, 3.63) is 106 Å². The number of amides is 3. The number of nitro groups is 1. The Kier molecular flexibility index (Phi) is 5.28. The lowest BCUT2D eigenvalue weighted by atomic mass is 10.0. The number of anilines is 1. The molecule has 0 radical (unpaired) electrons. The highest BCUT2D eigenvalue weighted by Gasteiger charge is 2.39. The Morgan fingerprint density at radius 1 is 0.935 bits per heavy atom. The maximum atomic E-state index is 13.5. The van der Waals surface area contributed by atoms with Crippen LogP contribution in [0.1, 0.15) is 26.3 Å². The van der Waals surface area contributed by atoms with Crippen molar-refractivity contribution in [2.24, 2.45) is 0 Å². The van der Waals surface area contributed by atoms with Gasteiger partial charge in [-0.15, -0.1) is 0 Å². The predicted molar refractivity (Wildman–Crippen MR) is 113 cm³/mol. The Hall–Kier alpha value is -4.33. The smallest absolute Gasteiger partial charge is 0.282 e. The van der Waals surface area contributed by atoms with Gasteiger partial charge in [0.25, 0.3) is 23.4 Å². The van der Waals surface area contributed by atoms with Gasteiger partial charge >= 0.3 is 0 Å². The van der Waals surface area contributed by atoms with Crippen LogP contribution in [0.5, 0.6) is 0 Å². The second-order valence-electron chi connectivity index (χ2n) is 6.99. The number of para-hydroxylation sites is 2. The molecule has 0 aliphatic carbocycles. The summed E-state index contributed by atoms with van der Waals surface area (Å²) < 4.78 is 0. The van der Waals surface area contributed by atoms with Gasteiger partial charge in [-0.05, 0) is 23.8 Å². The second-order valence-corrected chi connectivity index (χ2v) is 6.99. The van der Waals surface area contributed by atoms with Crippen LogP contribution in [0.2, 0.25) is 0 Å². The number of carbonyl (C=O) groups is 3. The zero-order valence-electron chi connectivity index (χ0n) is 16.2. The third-order valence-corrected chi connectivity index (χ3v) is 5.03. The molecule has 8 nitrogen and oxygen atoms in total. The third-order valence-electron chi connectivity index (χ3n) is 5.03. The number of nitrogens with one attached hydrogen (secondary N) is 1. The van der Waals surface area contributed by atoms with Crippen molar-refractivity contribution >= 4 is 29.1 Å². The lowest BCUT2D eigenvalue weighted by Crippen LogP contribution is -2.49. The van der Waals surface area contributed by atoms with E-state index >= 15 is 0 Å². The van der Waals surface area contributed by atoms with E-state index in [4.69, 9.17) is 0 Å². The lowest BCUT2D eigenvalue weighted by molar-refractivity contribution is -0.385. The molecule has 3 amide bonds. The predicted octanol–water partition coefficient (Wildman–Crippen LogP) is 3.12. The molecule has 4 rings (SSSR count). The summed E-state index contributed by atoms with van der Waals surface area (Å²) in [5, 5.41) is 14.1. The Morgan fingerprint density at radius 3 is 2.32 bits per heavy atom. The van der Waals surface area contributed by atoms with E-state index in [-0.39, 0.29) is 23.2 Å². The first kappa shape index (κ1) is 20.0. The van der Waals surface area contributed by atoms with Crippen molar-refractivity contribution in [3.8, 4) is 0 Å². The molecule has 1 aliphatic heterocycles. The van der Waals surface area contributed by atoms with Crippen molar-refractivity contribution in [2.75, 3.05) is 4.90 Å². The van der Waals surface area contributed by atoms with Crippen molar-refractivity contribution < 1.29 is 19.3 Å². The average molecular weight is 415 g/mol. The van der Waals surface area contributed by atoms with Crippen LogP contribution < -0.4 is 10.2 Å². The van der Waals surface area contributed by atoms with Gasteiger partial charge in [0.1, 0.15) is 11.6 Å². The van der Waals surface area contributed by atoms with Crippen LogP contribution >= 0.6 is 0 Å². The molecule has 1 aliphatic rings. The van der Waals surface area contributed by atoms with Crippen LogP contribution in [0.15, 0.2) is 78.9 Å². The van der Waals surface area contributed by atoms with E-state index in [2.05, 4.69) is 5.32 Å². The molecule has 0 saturated carbocycles. The monoisotopic (exact) mass is 415 g/mol. The largest absolute Gasteiger partial charge is 0.340 e. The van der Waals surface area contributed by atoms with Crippen LogP contribution in [-0.4, -0.2) is 28.7 Å². The molecule has 0 fully saturated rings. The number of nitrogens with zero attached hydrogens (tertiary/aromatic N) is 2. The highest BCUT2D eigenvalue weighted by Crippen LogP contribution is 2.29. The lowest BCUT2D eigenvalue weighted by Gasteiger charge is -2.23. The Morgan fingerprint density at radius 2 is 1.58 bits per heavy atom. The average Bonchev–Trinajstić information content (AvgIpc) is 2.89. The molecular formula is C23H17N3O5. The number of nitro benzene ring substituents is 1. The number of hydrogen-bond donors (Lipinski definition) is 1. The Balaban J connectivity index is 1.82. The van der Waals surface area contributed by atoms with Gasteiger partial charge in [0, 0.05) is 12.5 Å². The molecule has 8 heteroatoms. The molecule has 1 atom stereocenters. The van der Waals surface area contributed by atoms with Crippen LogP contribution in [0, 0.1) is 10.1 Å². The number of fused-ring (bicyclic) bond motifs is 1. The molecule has 3 aromatic carbocycles. The Bertz CT molecular complexity index is 1190. The van der Waals surface area contributed by atoms with Gasteiger partial charge in [-0.3, -0.25) is 24.5 Å². The number of hydrogen-bond acceptors (Lipinski definition) is 5. The number of imide groups is 1. The van der Waals surface area contributed by atoms with Crippen LogP contribution in [0.3, 0.4) is 0 Å². The summed E-state index contributed by atoms with van der Waals surface area (Å²) in [5.41, 5.74) is 0.372. The van der Waals surface area contributed by atoms with E-state index in [1.165, 1.54) is 36.4 Å². The van der Waals surface area contributed by atoms with Crippen molar-refractivity contribution in [1.29, 1.82) is 0 Å². The Labute approximate surface area is 177 Å². The molecule has 3 aromatic rings. The molecular weight excluding hydrogens is 398 g/mol. The first-order chi connectivity index (χ1) is 15.0. The topological polar surface area (TPSA) is 110 Å². The molecule has 1 N–H and O–H groups in total. The zero-order valence-corrected chi connectivity index (χ0v) is 16.2. The molecule has 1 heterocycles. The minimum absolute atomic E-state index is 0.0868. The van der Waals surface area contributed by atoms with E-state index in [1.807, 2.05) is 30.3 Å². The number of rotatable bonds is 4. The highest BCUT2D eigenvalue weighted by atomic mass is 16.6. The molecule has 0 spiro atoms. The second kappa shape index (κ2) is 8.19. The standard InChI is InChI=1S/C23H17N3O5/c27-21-16-10-4-6-12-19(16)25(22(28)17-11-5-7-13-20(17)26(30)31)23(29)18(24-21)14-15-8-2-1-3-9-15/h1-13,18H,14H2,(H,24,27)/t18-/m0/s1. The molecule has 0 aromatic heterocycles. The van der Waals surface area contributed by atoms with Crippen LogP contribution in [0.4, 0.5) is 11.4 Å². The van der Waals surface area contributed by atoms with Crippen molar-refractivity contribution in [2.45, 2.75) is 12.5 Å². The van der Waals surface area contributed by atoms with Crippen LogP contribution in [0.25, 0.3) is 0 Å². The number of carbonyl (C=O) groups excluding carboxylic acids is 3. The molecule has 0 bridgehead atoms. The van der Waals surface area contributed by atoms with Crippen molar-refractivity contribution in [3.63, 3.8) is 0 Å². The van der Waals surface area contributed by atoms with E-state index in [9.17, 15) is 24.5 Å². The summed E-state index contributed by atoms with van der Waals surface area (Å²) in [5.74, 6) is -2.02. The van der Waals surface area contributed by atoms with Gasteiger partial charge in [0.05, 0.1) is 16.2 Å². The van der Waals surface area contributed by atoms with Gasteiger partial charge in [-0.25, -0.2) is 4.90 Å². The zero-order chi connectivity index (χ0) is 22.0. The fourth-order valence-corrected chi connectivity index (χ4v) is 3.56. The summed E-state index contributed by atoms with van der Waals surface area (Å²) in [7, 11) is 0. The van der Waals surface area contributed by atoms with E-state index in [0.717, 1.165) is 10.5 Å². The van der Waals surface area contributed by atoms with E-state index in [1.54, 1.807) is 12.1 Å². The fraction of sp³-hybridized carbons (Fsp3) is 0.0870. The van der Waals surface area contributed by atoms with Gasteiger partial charge < -0.3 is 5.32 Å². The maximum Gasteiger partial charge on any atom is 0.282 e. The summed E-state index contributed by atoms with van der Waals surface area (Å²) in [6, 6.07) is 19.7. The van der Waals surface area contributed by atoms with Gasteiger partial charge in [-0.2, -0.15) is 0 Å². The molecule has 154 valence electrons. The number of benzene rings is 3. The first-order valence-corrected chi connectivity index (χ1v) is 9.53. The van der Waals surface area contributed by atoms with E-state index < -0.39 is 34.4 Å². The minimum atomic E-state index is -1.02. The highest BCUT2D eigenvalue weighted by molar-refractivity contribution is 6.27. The molecule has 31 heavy (non-hydrogen) atoms. The SMILES string of the molecule is O=C1N[C@@H](Cc2ccccc2)C(=O)N(C(=O)c2ccccc2[N+](=O)[O-])c2ccccc21. The van der Waals surface area contributed by atoms with Gasteiger partial charge in [0.15, 0.2) is 0 Å². The maximum absolute atomic E-state index is 13.5. The molecule has 0 unspecified atom stereocenters. The van der Waals surface area contributed by atoms with Gasteiger partial charge in [0.2, 0.25) is 0 Å². The normalized spacial score (nSPS) is 15.6. The van der Waals surface area contributed by atoms with Crippen molar-refractivity contribution in [1.82, 2.24) is 5.32 Å². The quantitative estimate of drug-likeness (QED) is 0.400. The van der Waals surface area contributed by atoms with Gasteiger partial charge in [-0.1, -0.05) is 54.6 Å². The first-order valence-electron chi connectivity index (χ1n) is 9.53. The minimum Gasteiger partial charge on any atom is -0.340 e. The summed E-state index contributed by atoms with van der Waals surface area (Å²) in [4.78, 5) is 51.3. The summed E-state index contributed by atoms with van der Waals surface area (Å²) >= 11 is 0. The fourth-order valence-electron chi connectivity index (χ4n) is 3.56. The third kappa shape index (κ3) is 3.78. The summed E-state index contributed by atoms with van der Waals surface area (Å²) in [6.45, 7) is 0. The van der Waals surface area contributed by atoms with E-state index in [0.29, 0.717) is 0 Å². The molecule has 0 saturated heterocycles. The summed E-state index contributed by atoms with van der Waals surface area (Å²) in [6.07, 6.45) is 0.167.